The zero-order valence-corrected chi connectivity index (χ0v) is 9.31. The average molecular weight is 238 g/mol. The third-order valence-corrected chi connectivity index (χ3v) is 3.30. The van der Waals surface area contributed by atoms with E-state index in [0.29, 0.717) is 13.2 Å². The fourth-order valence-electron chi connectivity index (χ4n) is 1.98. The average Bonchev–Trinajstić information content (AvgIpc) is 2.94. The molecule has 1 atom stereocenters. The normalized spacial score (nSPS) is 30.4. The second-order valence-corrected chi connectivity index (χ2v) is 4.72. The summed E-state index contributed by atoms with van der Waals surface area (Å²) in [6.07, 6.45) is -3.87. The highest BCUT2D eigenvalue weighted by atomic mass is 19.4. The molecule has 0 aromatic rings. The Labute approximate surface area is 92.9 Å². The molecule has 1 saturated heterocycles. The Morgan fingerprint density at radius 1 is 1.44 bits per heavy atom. The molecule has 2 aliphatic rings. The highest BCUT2D eigenvalue weighted by Gasteiger charge is 2.63. The molecular weight excluding hydrogens is 221 g/mol. The molecule has 1 saturated carbocycles. The van der Waals surface area contributed by atoms with Gasteiger partial charge in [0.15, 0.2) is 0 Å². The van der Waals surface area contributed by atoms with Crippen molar-refractivity contribution in [2.45, 2.75) is 30.7 Å². The van der Waals surface area contributed by atoms with Crippen molar-refractivity contribution in [1.29, 1.82) is 0 Å². The summed E-state index contributed by atoms with van der Waals surface area (Å²) in [5, 5.41) is 2.62. The predicted molar refractivity (Wildman–Crippen MR) is 53.3 cm³/mol. The Morgan fingerprint density at radius 3 is 2.62 bits per heavy atom. The number of ether oxygens (including phenoxy) is 1. The molecule has 6 heteroatoms. The molecule has 16 heavy (non-hydrogen) atoms. The van der Waals surface area contributed by atoms with E-state index in [2.05, 4.69) is 10.2 Å². The summed E-state index contributed by atoms with van der Waals surface area (Å²) in [5.41, 5.74) is -1.62. The first-order valence-corrected chi connectivity index (χ1v) is 5.55. The Hall–Kier alpha value is -0.330. The molecule has 2 rings (SSSR count). The van der Waals surface area contributed by atoms with E-state index in [-0.39, 0.29) is 25.5 Å². The van der Waals surface area contributed by atoms with Crippen LogP contribution in [0.25, 0.3) is 0 Å². The highest BCUT2D eigenvalue weighted by molar-refractivity contribution is 5.08. The van der Waals surface area contributed by atoms with Crippen LogP contribution in [0.3, 0.4) is 0 Å². The quantitative estimate of drug-likeness (QED) is 0.794. The van der Waals surface area contributed by atoms with E-state index in [9.17, 15) is 13.2 Å². The van der Waals surface area contributed by atoms with Crippen LogP contribution in [0.15, 0.2) is 0 Å². The molecule has 1 unspecified atom stereocenters. The standard InChI is InChI=1S/C10H17F3N2O/c1-15-4-5-16-8(7-15)6-14-9(2-3-9)10(11,12)13/h8,14H,2-7H2,1H3. The van der Waals surface area contributed by atoms with Crippen LogP contribution >= 0.6 is 0 Å². The lowest BCUT2D eigenvalue weighted by Crippen LogP contribution is -2.51. The molecular formula is C10H17F3N2O. The molecule has 1 heterocycles. The summed E-state index contributed by atoms with van der Waals surface area (Å²) in [4.78, 5) is 2.07. The fraction of sp³-hybridized carbons (Fsp3) is 1.00. The maximum Gasteiger partial charge on any atom is 0.406 e. The summed E-state index contributed by atoms with van der Waals surface area (Å²) < 4.78 is 43.3. The number of halogens is 3. The second kappa shape index (κ2) is 4.16. The Balaban J connectivity index is 1.79. The number of nitrogens with zero attached hydrogens (tertiary/aromatic N) is 1. The van der Waals surface area contributed by atoms with Crippen molar-refractivity contribution in [3.63, 3.8) is 0 Å². The van der Waals surface area contributed by atoms with Gasteiger partial charge in [0.05, 0.1) is 12.7 Å². The molecule has 0 radical (unpaired) electrons. The van der Waals surface area contributed by atoms with Gasteiger partial charge in [-0.05, 0) is 19.9 Å². The summed E-state index contributed by atoms with van der Waals surface area (Å²) in [6.45, 7) is 2.42. The molecule has 0 aromatic heterocycles. The monoisotopic (exact) mass is 238 g/mol. The van der Waals surface area contributed by atoms with Crippen molar-refractivity contribution in [3.05, 3.63) is 0 Å². The van der Waals surface area contributed by atoms with Crippen LogP contribution in [0.5, 0.6) is 0 Å². The van der Waals surface area contributed by atoms with E-state index in [1.165, 1.54) is 0 Å². The number of alkyl halides is 3. The minimum absolute atomic E-state index is 0.126. The lowest BCUT2D eigenvalue weighted by atomic mass is 10.2. The van der Waals surface area contributed by atoms with Crippen LogP contribution in [0, 0.1) is 0 Å². The summed E-state index contributed by atoms with van der Waals surface area (Å²) >= 11 is 0. The van der Waals surface area contributed by atoms with Gasteiger partial charge in [0.25, 0.3) is 0 Å². The molecule has 1 aliphatic carbocycles. The van der Waals surface area contributed by atoms with Crippen LogP contribution in [0.2, 0.25) is 0 Å². The third-order valence-electron chi connectivity index (χ3n) is 3.30. The SMILES string of the molecule is CN1CCOC(CNC2(C(F)(F)F)CC2)C1. The van der Waals surface area contributed by atoms with Gasteiger partial charge in [-0.1, -0.05) is 0 Å². The molecule has 2 fully saturated rings. The summed E-state index contributed by atoms with van der Waals surface area (Å²) in [5.74, 6) is 0. The lowest BCUT2D eigenvalue weighted by molar-refractivity contribution is -0.167. The van der Waals surface area contributed by atoms with Crippen LogP contribution in [-0.2, 0) is 4.74 Å². The van der Waals surface area contributed by atoms with Gasteiger partial charge in [-0.15, -0.1) is 0 Å². The van der Waals surface area contributed by atoms with E-state index in [0.717, 1.165) is 6.54 Å². The molecule has 3 nitrogen and oxygen atoms in total. The highest BCUT2D eigenvalue weighted by Crippen LogP contribution is 2.48. The van der Waals surface area contributed by atoms with Crippen LogP contribution in [0.1, 0.15) is 12.8 Å². The van der Waals surface area contributed by atoms with Crippen molar-refractivity contribution in [2.75, 3.05) is 33.3 Å². The maximum atomic E-state index is 12.6. The number of likely N-dealkylation sites (N-methyl/N-ethyl adjacent to an activating group) is 1. The van der Waals surface area contributed by atoms with Gasteiger partial charge in [0, 0.05) is 19.6 Å². The van der Waals surface area contributed by atoms with E-state index >= 15 is 0 Å². The topological polar surface area (TPSA) is 24.5 Å². The minimum Gasteiger partial charge on any atom is -0.374 e. The van der Waals surface area contributed by atoms with Crippen LogP contribution in [-0.4, -0.2) is 56.0 Å². The fourth-order valence-corrected chi connectivity index (χ4v) is 1.98. The number of rotatable bonds is 3. The van der Waals surface area contributed by atoms with Crippen molar-refractivity contribution < 1.29 is 17.9 Å². The van der Waals surface area contributed by atoms with Crippen LogP contribution < -0.4 is 5.32 Å². The summed E-state index contributed by atoms with van der Waals surface area (Å²) in [7, 11) is 1.95. The summed E-state index contributed by atoms with van der Waals surface area (Å²) in [6, 6.07) is 0. The van der Waals surface area contributed by atoms with E-state index in [4.69, 9.17) is 4.74 Å². The second-order valence-electron chi connectivity index (χ2n) is 4.72. The molecule has 94 valence electrons. The first kappa shape index (κ1) is 12.1. The van der Waals surface area contributed by atoms with Gasteiger partial charge >= 0.3 is 6.18 Å². The van der Waals surface area contributed by atoms with Gasteiger partial charge in [0.2, 0.25) is 0 Å². The smallest absolute Gasteiger partial charge is 0.374 e. The van der Waals surface area contributed by atoms with Crippen molar-refractivity contribution in [1.82, 2.24) is 10.2 Å². The van der Waals surface area contributed by atoms with Gasteiger partial charge in [-0.25, -0.2) is 0 Å². The number of hydrogen-bond acceptors (Lipinski definition) is 3. The van der Waals surface area contributed by atoms with Crippen molar-refractivity contribution in [3.8, 4) is 0 Å². The van der Waals surface area contributed by atoms with E-state index < -0.39 is 11.7 Å². The van der Waals surface area contributed by atoms with Crippen LogP contribution in [0.4, 0.5) is 13.2 Å². The predicted octanol–water partition coefficient (Wildman–Crippen LogP) is 1.00. The van der Waals surface area contributed by atoms with Gasteiger partial charge in [-0.2, -0.15) is 13.2 Å². The Bertz CT molecular complexity index is 253. The van der Waals surface area contributed by atoms with Crippen molar-refractivity contribution in [2.24, 2.45) is 0 Å². The molecule has 0 aromatic carbocycles. The molecule has 0 spiro atoms. The van der Waals surface area contributed by atoms with E-state index in [1.54, 1.807) is 0 Å². The lowest BCUT2D eigenvalue weighted by Gasteiger charge is -2.31. The zero-order valence-electron chi connectivity index (χ0n) is 9.31. The van der Waals surface area contributed by atoms with Gasteiger partial charge in [-0.3, -0.25) is 0 Å². The molecule has 0 amide bonds. The third kappa shape index (κ3) is 2.49. The first-order valence-electron chi connectivity index (χ1n) is 5.55. The maximum absolute atomic E-state index is 12.6. The molecule has 1 N–H and O–H groups in total. The largest absolute Gasteiger partial charge is 0.406 e. The first-order chi connectivity index (χ1) is 7.43. The molecule has 1 aliphatic heterocycles. The van der Waals surface area contributed by atoms with Crippen molar-refractivity contribution >= 4 is 0 Å². The van der Waals surface area contributed by atoms with Gasteiger partial charge in [0.1, 0.15) is 5.54 Å². The minimum atomic E-state index is -4.13. The van der Waals surface area contributed by atoms with Gasteiger partial charge < -0.3 is 15.0 Å². The number of hydrogen-bond donors (Lipinski definition) is 1. The zero-order chi connectivity index (χ0) is 11.8. The number of nitrogens with one attached hydrogen (secondary N) is 1. The molecule has 0 bridgehead atoms. The number of morpholine rings is 1. The van der Waals surface area contributed by atoms with E-state index in [1.807, 2.05) is 7.05 Å². The Kier molecular flexibility index (Phi) is 3.16. The Morgan fingerprint density at radius 2 is 2.12 bits per heavy atom.